The van der Waals surface area contributed by atoms with Crippen molar-refractivity contribution in [1.82, 2.24) is 9.71 Å². The monoisotopic (exact) mass is 419 g/mol. The van der Waals surface area contributed by atoms with Crippen molar-refractivity contribution < 1.29 is 9.00 Å². The minimum Gasteiger partial charge on any atom is -0.315 e. The number of hydrogen-bond acceptors (Lipinski definition) is 3. The third-order valence-corrected chi connectivity index (χ3v) is 7.05. The van der Waals surface area contributed by atoms with E-state index in [0.717, 1.165) is 34.4 Å². The molecular weight excluding hydrogens is 394 g/mol. The second-order valence-electron chi connectivity index (χ2n) is 8.11. The van der Waals surface area contributed by atoms with Crippen molar-refractivity contribution in [3.8, 4) is 11.1 Å². The molecule has 0 saturated carbocycles. The Labute approximate surface area is 174 Å². The lowest BCUT2D eigenvalue weighted by molar-refractivity contribution is -0.118. The van der Waals surface area contributed by atoms with E-state index in [4.69, 9.17) is 11.6 Å². The van der Waals surface area contributed by atoms with Gasteiger partial charge in [0, 0.05) is 48.7 Å². The second kappa shape index (κ2) is 7.93. The molecule has 0 saturated heterocycles. The number of amides is 1. The van der Waals surface area contributed by atoms with Crippen LogP contribution in [0, 0.1) is 0 Å². The molecule has 5 nitrogen and oxygen atoms in total. The van der Waals surface area contributed by atoms with Gasteiger partial charge < -0.3 is 4.90 Å². The standard InChI is InChI=1S/C21H26ClN3O2S/c1-13(24-28(27)21(2,3)4)16-11-23-12-17(20(16)22)14-6-8-18-15(10-14)7-9-19(26)25(18)5/h6,8,10-13,24H,7,9H2,1-5H3. The summed E-state index contributed by atoms with van der Waals surface area (Å²) in [5, 5.41) is 0.598. The maximum atomic E-state index is 12.4. The van der Waals surface area contributed by atoms with Crippen LogP contribution in [0.5, 0.6) is 0 Å². The average Bonchev–Trinajstić information content (AvgIpc) is 2.64. The molecule has 2 unspecified atom stereocenters. The summed E-state index contributed by atoms with van der Waals surface area (Å²) < 4.78 is 15.2. The van der Waals surface area contributed by atoms with Crippen LogP contribution in [0.1, 0.15) is 51.3 Å². The minimum atomic E-state index is -1.21. The van der Waals surface area contributed by atoms with Crippen LogP contribution in [0.2, 0.25) is 5.02 Å². The number of benzene rings is 1. The number of rotatable bonds is 4. The maximum absolute atomic E-state index is 12.4. The van der Waals surface area contributed by atoms with Gasteiger partial charge in [0.05, 0.1) is 20.8 Å². The van der Waals surface area contributed by atoms with E-state index in [1.165, 1.54) is 0 Å². The highest BCUT2D eigenvalue weighted by molar-refractivity contribution is 7.84. The first-order valence-corrected chi connectivity index (χ1v) is 10.8. The van der Waals surface area contributed by atoms with E-state index in [9.17, 15) is 9.00 Å². The Morgan fingerprint density at radius 2 is 1.96 bits per heavy atom. The van der Waals surface area contributed by atoms with Gasteiger partial charge in [-0.05, 0) is 57.4 Å². The van der Waals surface area contributed by atoms with Crippen molar-refractivity contribution in [2.75, 3.05) is 11.9 Å². The van der Waals surface area contributed by atoms with Crippen molar-refractivity contribution in [2.24, 2.45) is 0 Å². The average molecular weight is 420 g/mol. The molecule has 150 valence electrons. The second-order valence-corrected chi connectivity index (χ2v) is 10.5. The van der Waals surface area contributed by atoms with Gasteiger partial charge in [0.15, 0.2) is 0 Å². The van der Waals surface area contributed by atoms with Gasteiger partial charge in [0.2, 0.25) is 5.91 Å². The molecule has 1 aromatic carbocycles. The molecule has 1 aliphatic rings. The van der Waals surface area contributed by atoms with Crippen molar-refractivity contribution in [1.29, 1.82) is 0 Å². The molecule has 0 bridgehead atoms. The number of halogens is 1. The van der Waals surface area contributed by atoms with Crippen molar-refractivity contribution >= 4 is 34.2 Å². The molecule has 0 aliphatic carbocycles. The maximum Gasteiger partial charge on any atom is 0.227 e. The van der Waals surface area contributed by atoms with Gasteiger partial charge in [0.1, 0.15) is 0 Å². The number of carbonyl (C=O) groups is 1. The summed E-state index contributed by atoms with van der Waals surface area (Å²) in [4.78, 5) is 18.0. The summed E-state index contributed by atoms with van der Waals surface area (Å²) in [6, 6.07) is 5.80. The molecule has 0 radical (unpaired) electrons. The van der Waals surface area contributed by atoms with E-state index in [-0.39, 0.29) is 16.7 Å². The molecule has 3 rings (SSSR count). The molecular formula is C21H26ClN3O2S. The van der Waals surface area contributed by atoms with E-state index in [1.54, 1.807) is 24.3 Å². The molecule has 1 aromatic heterocycles. The first kappa shape index (κ1) is 21.0. The number of nitrogens with zero attached hydrogens (tertiary/aromatic N) is 2. The number of aromatic nitrogens is 1. The molecule has 2 atom stereocenters. The zero-order chi connectivity index (χ0) is 20.6. The Balaban J connectivity index is 1.94. The van der Waals surface area contributed by atoms with Crippen LogP contribution in [-0.2, 0) is 22.2 Å². The van der Waals surface area contributed by atoms with Gasteiger partial charge in [-0.2, -0.15) is 0 Å². The fourth-order valence-electron chi connectivity index (χ4n) is 3.19. The summed E-state index contributed by atoms with van der Waals surface area (Å²) in [5.41, 5.74) is 4.67. The lowest BCUT2D eigenvalue weighted by Gasteiger charge is -2.26. The van der Waals surface area contributed by atoms with E-state index < -0.39 is 11.0 Å². The van der Waals surface area contributed by atoms with Gasteiger partial charge in [-0.3, -0.25) is 9.78 Å². The van der Waals surface area contributed by atoms with Crippen LogP contribution in [0.25, 0.3) is 11.1 Å². The third-order valence-electron chi connectivity index (χ3n) is 4.95. The zero-order valence-electron chi connectivity index (χ0n) is 16.9. The number of pyridine rings is 1. The first-order chi connectivity index (χ1) is 13.1. The largest absolute Gasteiger partial charge is 0.315 e. The predicted octanol–water partition coefficient (Wildman–Crippen LogP) is 4.42. The lowest BCUT2D eigenvalue weighted by Crippen LogP contribution is -2.35. The summed E-state index contributed by atoms with van der Waals surface area (Å²) in [6.45, 7) is 7.71. The number of nitrogens with one attached hydrogen (secondary N) is 1. The van der Waals surface area contributed by atoms with E-state index in [0.29, 0.717) is 11.4 Å². The highest BCUT2D eigenvalue weighted by atomic mass is 35.5. The Morgan fingerprint density at radius 3 is 2.64 bits per heavy atom. The molecule has 1 aliphatic heterocycles. The van der Waals surface area contributed by atoms with Crippen molar-refractivity contribution in [3.63, 3.8) is 0 Å². The predicted molar refractivity (Wildman–Crippen MR) is 116 cm³/mol. The summed E-state index contributed by atoms with van der Waals surface area (Å²) >= 11 is 6.73. The number of hydrogen-bond donors (Lipinski definition) is 1. The zero-order valence-corrected chi connectivity index (χ0v) is 18.4. The number of anilines is 1. The lowest BCUT2D eigenvalue weighted by atomic mass is 9.96. The summed E-state index contributed by atoms with van der Waals surface area (Å²) in [7, 11) is 0.593. The van der Waals surface area contributed by atoms with Gasteiger partial charge in [0.25, 0.3) is 0 Å². The molecule has 2 heterocycles. The van der Waals surface area contributed by atoms with Crippen LogP contribution in [0.15, 0.2) is 30.6 Å². The first-order valence-electron chi connectivity index (χ1n) is 9.31. The summed E-state index contributed by atoms with van der Waals surface area (Å²) in [6.07, 6.45) is 4.70. The van der Waals surface area contributed by atoms with Crippen LogP contribution in [0.4, 0.5) is 5.69 Å². The quantitative estimate of drug-likeness (QED) is 0.797. The highest BCUT2D eigenvalue weighted by Crippen LogP contribution is 2.36. The molecule has 0 fully saturated rings. The van der Waals surface area contributed by atoms with Gasteiger partial charge in [-0.1, -0.05) is 17.7 Å². The molecule has 28 heavy (non-hydrogen) atoms. The van der Waals surface area contributed by atoms with Crippen LogP contribution in [-0.4, -0.2) is 26.9 Å². The molecule has 1 amide bonds. The normalized spacial score (nSPS) is 16.6. The Bertz CT molecular complexity index is 940. The molecule has 0 spiro atoms. The van der Waals surface area contributed by atoms with Crippen molar-refractivity contribution in [2.45, 2.75) is 51.3 Å². The number of carbonyl (C=O) groups excluding carboxylic acids is 1. The topological polar surface area (TPSA) is 62.3 Å². The Kier molecular flexibility index (Phi) is 5.94. The van der Waals surface area contributed by atoms with Crippen LogP contribution in [0.3, 0.4) is 0 Å². The number of aryl methyl sites for hydroxylation is 1. The SMILES string of the molecule is CC(NS(=O)C(C)(C)C)c1cncc(-c2ccc3c(c2)CCC(=O)N3C)c1Cl. The molecule has 7 heteroatoms. The van der Waals surface area contributed by atoms with Gasteiger partial charge in [-0.25, -0.2) is 8.93 Å². The third kappa shape index (κ3) is 4.14. The smallest absolute Gasteiger partial charge is 0.227 e. The van der Waals surface area contributed by atoms with E-state index in [1.807, 2.05) is 39.8 Å². The Morgan fingerprint density at radius 1 is 1.25 bits per heavy atom. The fourth-order valence-corrected chi connectivity index (χ4v) is 4.36. The van der Waals surface area contributed by atoms with Crippen LogP contribution < -0.4 is 9.62 Å². The molecule has 2 aromatic rings. The van der Waals surface area contributed by atoms with Gasteiger partial charge in [-0.15, -0.1) is 0 Å². The minimum absolute atomic E-state index is 0.133. The summed E-state index contributed by atoms with van der Waals surface area (Å²) in [5.74, 6) is 0.133. The fraction of sp³-hybridized carbons (Fsp3) is 0.429. The van der Waals surface area contributed by atoms with Gasteiger partial charge >= 0.3 is 0 Å². The molecule has 1 N–H and O–H groups in total. The van der Waals surface area contributed by atoms with Crippen LogP contribution >= 0.6 is 11.6 Å². The van der Waals surface area contributed by atoms with E-state index >= 15 is 0 Å². The number of fused-ring (bicyclic) bond motifs is 1. The van der Waals surface area contributed by atoms with Crippen molar-refractivity contribution in [3.05, 3.63) is 46.7 Å². The highest BCUT2D eigenvalue weighted by Gasteiger charge is 2.24. The van der Waals surface area contributed by atoms with E-state index in [2.05, 4.69) is 15.8 Å². The Hall–Kier alpha value is -1.76.